The minimum Gasteiger partial charge on any atom is -0.481 e. The number of methoxy groups -OCH3 is 1. The van der Waals surface area contributed by atoms with Crippen LogP contribution in [0.5, 0.6) is 5.88 Å². The Kier molecular flexibility index (Phi) is 4.84. The monoisotopic (exact) mass is 439 g/mol. The summed E-state index contributed by atoms with van der Waals surface area (Å²) in [6.45, 7) is 0. The molecule has 2 bridgehead atoms. The van der Waals surface area contributed by atoms with Crippen LogP contribution >= 0.6 is 0 Å². The topological polar surface area (TPSA) is 100 Å². The standard InChI is InChI=1S/C22H19F2N5O3/c1-32-20-5-2-11(10-25-20)14-8-16(24)17(9-15(14)23)26-22(31)29-13-3-4-18(29)21-12(6-13)7-19(30)27-28-21/h2,5,7-10,13,18H,3-4,6H2,1H3,(H,26,31)(H,27,30)/t13?,18-/m1/s1. The van der Waals surface area contributed by atoms with Gasteiger partial charge in [0, 0.05) is 41.6 Å². The molecule has 2 amide bonds. The Labute approximate surface area is 181 Å². The summed E-state index contributed by atoms with van der Waals surface area (Å²) in [7, 11) is 1.46. The summed E-state index contributed by atoms with van der Waals surface area (Å²) in [5, 5.41) is 9.03. The highest BCUT2D eigenvalue weighted by Gasteiger charge is 2.44. The first-order chi connectivity index (χ1) is 15.4. The summed E-state index contributed by atoms with van der Waals surface area (Å²) in [5.41, 5.74) is 1.33. The van der Waals surface area contributed by atoms with Gasteiger partial charge in [0.25, 0.3) is 5.56 Å². The molecule has 4 heterocycles. The van der Waals surface area contributed by atoms with Crippen molar-refractivity contribution in [2.75, 3.05) is 12.4 Å². The summed E-state index contributed by atoms with van der Waals surface area (Å²) in [6.07, 6.45) is 3.30. The lowest BCUT2D eigenvalue weighted by Crippen LogP contribution is -2.45. The van der Waals surface area contributed by atoms with Crippen molar-refractivity contribution in [3.8, 4) is 17.0 Å². The van der Waals surface area contributed by atoms with Crippen LogP contribution in [0.25, 0.3) is 11.1 Å². The van der Waals surface area contributed by atoms with E-state index >= 15 is 0 Å². The predicted molar refractivity (Wildman–Crippen MR) is 111 cm³/mol. The van der Waals surface area contributed by atoms with Crippen molar-refractivity contribution < 1.29 is 18.3 Å². The maximum absolute atomic E-state index is 14.8. The molecule has 1 aromatic carbocycles. The lowest BCUT2D eigenvalue weighted by molar-refractivity contribution is 0.177. The molecule has 2 aliphatic rings. The molecule has 1 saturated heterocycles. The second-order valence-corrected chi connectivity index (χ2v) is 7.83. The molecule has 8 nitrogen and oxygen atoms in total. The van der Waals surface area contributed by atoms with E-state index in [1.165, 1.54) is 19.4 Å². The van der Waals surface area contributed by atoms with Crippen LogP contribution in [0.4, 0.5) is 19.3 Å². The Hall–Kier alpha value is -3.82. The third kappa shape index (κ3) is 3.37. The quantitative estimate of drug-likeness (QED) is 0.652. The van der Waals surface area contributed by atoms with Crippen molar-refractivity contribution in [1.29, 1.82) is 0 Å². The number of urea groups is 1. The highest BCUT2D eigenvalue weighted by Crippen LogP contribution is 2.42. The summed E-state index contributed by atoms with van der Waals surface area (Å²) >= 11 is 0. The van der Waals surface area contributed by atoms with Crippen LogP contribution in [-0.4, -0.2) is 39.3 Å². The number of halogens is 2. The molecule has 1 fully saturated rings. The molecule has 2 aliphatic heterocycles. The Morgan fingerprint density at radius 2 is 2.06 bits per heavy atom. The number of carbonyl (C=O) groups excluding carboxylic acids is 1. The van der Waals surface area contributed by atoms with Gasteiger partial charge < -0.3 is 15.0 Å². The van der Waals surface area contributed by atoms with Crippen LogP contribution in [0.2, 0.25) is 0 Å². The summed E-state index contributed by atoms with van der Waals surface area (Å²) in [5.74, 6) is -1.10. The summed E-state index contributed by atoms with van der Waals surface area (Å²) in [4.78, 5) is 30.2. The van der Waals surface area contributed by atoms with E-state index in [0.29, 0.717) is 30.0 Å². The summed E-state index contributed by atoms with van der Waals surface area (Å²) < 4.78 is 34.5. The van der Waals surface area contributed by atoms with Crippen LogP contribution in [0.1, 0.15) is 30.1 Å². The van der Waals surface area contributed by atoms with Crippen molar-refractivity contribution in [2.24, 2.45) is 0 Å². The number of ether oxygens (including phenoxy) is 1. The number of H-pyrrole nitrogens is 1. The normalized spacial score (nSPS) is 18.9. The Bertz CT molecular complexity index is 1260. The number of aromatic amines is 1. The lowest BCUT2D eigenvalue weighted by atomic mass is 9.99. The Morgan fingerprint density at radius 3 is 2.81 bits per heavy atom. The van der Waals surface area contributed by atoms with Crippen LogP contribution in [0, 0.1) is 11.6 Å². The van der Waals surface area contributed by atoms with Gasteiger partial charge in [-0.15, -0.1) is 0 Å². The number of hydrogen-bond donors (Lipinski definition) is 2. The second kappa shape index (κ2) is 7.70. The van der Waals surface area contributed by atoms with Crippen LogP contribution in [0.3, 0.4) is 0 Å². The van der Waals surface area contributed by atoms with Crippen molar-refractivity contribution >= 4 is 11.7 Å². The lowest BCUT2D eigenvalue weighted by Gasteiger charge is -2.35. The first-order valence-corrected chi connectivity index (χ1v) is 10.1. The number of benzene rings is 1. The number of fused-ring (bicyclic) bond motifs is 4. The van der Waals surface area contributed by atoms with Gasteiger partial charge in [-0.05, 0) is 37.0 Å². The largest absolute Gasteiger partial charge is 0.481 e. The van der Waals surface area contributed by atoms with E-state index in [1.54, 1.807) is 17.0 Å². The van der Waals surface area contributed by atoms with E-state index < -0.39 is 17.7 Å². The molecular weight excluding hydrogens is 420 g/mol. The van der Waals surface area contributed by atoms with Crippen LogP contribution < -0.4 is 15.6 Å². The molecule has 1 unspecified atom stereocenters. The predicted octanol–water partition coefficient (Wildman–Crippen LogP) is 3.41. The molecule has 0 spiro atoms. The zero-order valence-corrected chi connectivity index (χ0v) is 17.1. The average molecular weight is 439 g/mol. The third-order valence-corrected chi connectivity index (χ3v) is 5.98. The smallest absolute Gasteiger partial charge is 0.322 e. The van der Waals surface area contributed by atoms with E-state index in [1.807, 2.05) is 0 Å². The van der Waals surface area contributed by atoms with E-state index in [0.717, 1.165) is 24.1 Å². The fraction of sp³-hybridized carbons (Fsp3) is 0.273. The van der Waals surface area contributed by atoms with Gasteiger partial charge >= 0.3 is 6.03 Å². The number of amides is 2. The van der Waals surface area contributed by atoms with Gasteiger partial charge in [0.15, 0.2) is 0 Å². The molecule has 2 N–H and O–H groups in total. The van der Waals surface area contributed by atoms with Crippen molar-refractivity contribution in [3.63, 3.8) is 0 Å². The van der Waals surface area contributed by atoms with Gasteiger partial charge in [-0.3, -0.25) is 4.79 Å². The van der Waals surface area contributed by atoms with E-state index in [9.17, 15) is 18.4 Å². The Balaban J connectivity index is 1.39. The van der Waals surface area contributed by atoms with E-state index in [-0.39, 0.29) is 28.9 Å². The fourth-order valence-electron chi connectivity index (χ4n) is 4.52. The molecule has 10 heteroatoms. The minimum absolute atomic E-state index is 0.0239. The zero-order chi connectivity index (χ0) is 22.4. The van der Waals surface area contributed by atoms with Gasteiger partial charge in [-0.2, -0.15) is 5.10 Å². The van der Waals surface area contributed by atoms with Crippen molar-refractivity contribution in [3.05, 3.63) is 69.8 Å². The third-order valence-electron chi connectivity index (χ3n) is 5.98. The highest BCUT2D eigenvalue weighted by atomic mass is 19.1. The molecule has 2 atom stereocenters. The number of pyridine rings is 1. The first-order valence-electron chi connectivity index (χ1n) is 10.1. The number of anilines is 1. The van der Waals surface area contributed by atoms with Crippen molar-refractivity contribution in [2.45, 2.75) is 31.3 Å². The number of hydrogen-bond acceptors (Lipinski definition) is 5. The van der Waals surface area contributed by atoms with Gasteiger partial charge in [0.05, 0.1) is 24.5 Å². The minimum atomic E-state index is -0.766. The molecule has 164 valence electrons. The van der Waals surface area contributed by atoms with Crippen LogP contribution in [0.15, 0.2) is 41.3 Å². The number of nitrogens with zero attached hydrogens (tertiary/aromatic N) is 3. The van der Waals surface area contributed by atoms with Gasteiger partial charge in [0.1, 0.15) is 11.6 Å². The molecule has 0 radical (unpaired) electrons. The average Bonchev–Trinajstić information content (AvgIpc) is 3.11. The molecule has 5 rings (SSSR count). The maximum atomic E-state index is 14.8. The first kappa shape index (κ1) is 20.1. The highest BCUT2D eigenvalue weighted by molar-refractivity contribution is 5.91. The number of nitrogens with one attached hydrogen (secondary N) is 2. The van der Waals surface area contributed by atoms with Crippen molar-refractivity contribution in [1.82, 2.24) is 20.1 Å². The molecule has 0 saturated carbocycles. The maximum Gasteiger partial charge on any atom is 0.322 e. The number of rotatable bonds is 3. The molecule has 0 aliphatic carbocycles. The fourth-order valence-corrected chi connectivity index (χ4v) is 4.52. The molecular formula is C22H19F2N5O3. The van der Waals surface area contributed by atoms with Crippen LogP contribution in [-0.2, 0) is 6.42 Å². The summed E-state index contributed by atoms with van der Waals surface area (Å²) in [6, 6.07) is 5.63. The zero-order valence-electron chi connectivity index (χ0n) is 17.1. The molecule has 3 aromatic rings. The van der Waals surface area contributed by atoms with E-state index in [4.69, 9.17) is 4.74 Å². The number of aromatic nitrogens is 3. The van der Waals surface area contributed by atoms with Gasteiger partial charge in [-0.1, -0.05) is 0 Å². The van der Waals surface area contributed by atoms with Gasteiger partial charge in [0.2, 0.25) is 5.88 Å². The SMILES string of the molecule is COc1ccc(-c2cc(F)c(NC(=O)N3C4CC[C@@H]3c3n[nH]c(=O)cc3C4)cc2F)cn1. The van der Waals surface area contributed by atoms with E-state index in [2.05, 4.69) is 20.5 Å². The molecule has 32 heavy (non-hydrogen) atoms. The molecule has 2 aromatic heterocycles. The Morgan fingerprint density at radius 1 is 1.22 bits per heavy atom. The second-order valence-electron chi connectivity index (χ2n) is 7.83. The van der Waals surface area contributed by atoms with Gasteiger partial charge in [-0.25, -0.2) is 23.7 Å². The number of carbonyl (C=O) groups is 1.